The van der Waals surface area contributed by atoms with E-state index in [1.807, 2.05) is 13.0 Å². The van der Waals surface area contributed by atoms with E-state index in [9.17, 15) is 0 Å². The molecule has 2 aromatic carbocycles. The van der Waals surface area contributed by atoms with Gasteiger partial charge in [-0.15, -0.1) is 5.47 Å². The molecule has 0 aromatic heterocycles. The van der Waals surface area contributed by atoms with Crippen molar-refractivity contribution in [3.8, 4) is 0 Å². The summed E-state index contributed by atoms with van der Waals surface area (Å²) < 4.78 is 1.11. The maximum atomic E-state index is 5.72. The Balaban J connectivity index is 2.67. The molecule has 78 valence electrons. The summed E-state index contributed by atoms with van der Waals surface area (Å²) in [5.74, 6) is 0. The Labute approximate surface area is 106 Å². The van der Waals surface area contributed by atoms with Crippen molar-refractivity contribution in [2.24, 2.45) is 0 Å². The van der Waals surface area contributed by atoms with Gasteiger partial charge in [0.2, 0.25) is 0 Å². The molecule has 0 atom stereocenters. The van der Waals surface area contributed by atoms with Gasteiger partial charge in [-0.05, 0) is 47.0 Å². The van der Waals surface area contributed by atoms with Crippen LogP contribution in [0.1, 0.15) is 18.1 Å². The summed E-state index contributed by atoms with van der Waals surface area (Å²) in [5.41, 5.74) is 3.27. The quantitative estimate of drug-likeness (QED) is 0.672. The fraction of sp³-hybridized carbons (Fsp3) is 0.143. The normalized spacial score (nSPS) is 12.1. The highest BCUT2D eigenvalue weighted by molar-refractivity contribution is 9.10. The Bertz CT molecular complexity index is 566. The molecule has 0 spiro atoms. The van der Waals surface area contributed by atoms with E-state index >= 15 is 0 Å². The fourth-order valence-electron chi connectivity index (χ4n) is 1.80. The van der Waals surface area contributed by atoms with Gasteiger partial charge >= 0.3 is 0 Å². The number of hydrogen-bond acceptors (Lipinski definition) is 0. The zero-order valence-electron chi connectivity index (χ0n) is 9.42. The van der Waals surface area contributed by atoms with Crippen LogP contribution >= 0.6 is 15.9 Å². The van der Waals surface area contributed by atoms with Crippen molar-refractivity contribution in [3.63, 3.8) is 0 Å². The molecule has 16 heavy (non-hydrogen) atoms. The molecule has 0 unspecified atom stereocenters. The van der Waals surface area contributed by atoms with E-state index in [-0.39, 0.29) is 0 Å². The van der Waals surface area contributed by atoms with E-state index in [4.69, 9.17) is 7.85 Å². The molecule has 2 radical (unpaired) electrons. The standard InChI is InChI=1S/C14H12BBr/c1-9-5-13-8-14(16)4-3-11(13)7-12(9)6-10(2)15/h3-8H,1-2H3. The predicted molar refractivity (Wildman–Crippen MR) is 75.8 cm³/mol. The van der Waals surface area contributed by atoms with Crippen molar-refractivity contribution >= 4 is 40.6 Å². The molecular weight excluding hydrogens is 259 g/mol. The molecule has 2 heteroatoms. The number of allylic oxidation sites excluding steroid dienone is 1. The summed E-state index contributed by atoms with van der Waals surface area (Å²) in [6, 6.07) is 10.7. The molecular formula is C14H12BBr. The fourth-order valence-corrected chi connectivity index (χ4v) is 2.18. The third-order valence-electron chi connectivity index (χ3n) is 2.57. The van der Waals surface area contributed by atoms with Gasteiger partial charge in [-0.2, -0.15) is 0 Å². The van der Waals surface area contributed by atoms with Crippen LogP contribution in [0.15, 0.2) is 40.3 Å². The first-order valence-corrected chi connectivity index (χ1v) is 5.99. The van der Waals surface area contributed by atoms with E-state index in [0.29, 0.717) is 0 Å². The van der Waals surface area contributed by atoms with Gasteiger partial charge in [0.15, 0.2) is 0 Å². The second kappa shape index (κ2) is 4.46. The van der Waals surface area contributed by atoms with E-state index in [1.165, 1.54) is 21.9 Å². The maximum Gasteiger partial charge on any atom is 0.107 e. The lowest BCUT2D eigenvalue weighted by Crippen LogP contribution is -1.84. The molecule has 0 saturated carbocycles. The van der Waals surface area contributed by atoms with E-state index in [1.54, 1.807) is 0 Å². The Morgan fingerprint density at radius 3 is 2.62 bits per heavy atom. The lowest BCUT2D eigenvalue weighted by atomic mass is 9.93. The molecule has 0 N–H and O–H groups in total. The zero-order chi connectivity index (χ0) is 11.7. The summed E-state index contributed by atoms with van der Waals surface area (Å²) in [6.45, 7) is 4.01. The van der Waals surface area contributed by atoms with Gasteiger partial charge in [-0.3, -0.25) is 0 Å². The lowest BCUT2D eigenvalue weighted by molar-refractivity contribution is 1.46. The first-order chi connectivity index (χ1) is 7.56. The van der Waals surface area contributed by atoms with Crippen LogP contribution in [0.2, 0.25) is 0 Å². The first-order valence-electron chi connectivity index (χ1n) is 5.20. The summed E-state index contributed by atoms with van der Waals surface area (Å²) in [5, 5.41) is 2.49. The summed E-state index contributed by atoms with van der Waals surface area (Å²) >= 11 is 3.48. The summed E-state index contributed by atoms with van der Waals surface area (Å²) in [4.78, 5) is 0. The zero-order valence-corrected chi connectivity index (χ0v) is 11.0. The molecule has 0 aliphatic rings. The van der Waals surface area contributed by atoms with Gasteiger partial charge in [-0.25, -0.2) is 0 Å². The first kappa shape index (κ1) is 11.5. The van der Waals surface area contributed by atoms with Crippen LogP contribution in [-0.2, 0) is 0 Å². The number of halogens is 1. The number of aryl methyl sites for hydroxylation is 1. The molecule has 0 amide bonds. The molecule has 0 aliphatic heterocycles. The molecule has 0 nitrogen and oxygen atoms in total. The SMILES string of the molecule is [B]C(C)=Cc1cc2ccc(Br)cc2cc1C. The Morgan fingerprint density at radius 1 is 1.19 bits per heavy atom. The third kappa shape index (κ3) is 2.38. The topological polar surface area (TPSA) is 0 Å². The van der Waals surface area contributed by atoms with Gasteiger partial charge < -0.3 is 0 Å². The third-order valence-corrected chi connectivity index (χ3v) is 3.06. The minimum Gasteiger partial charge on any atom is -0.120 e. The van der Waals surface area contributed by atoms with Gasteiger partial charge in [0, 0.05) is 4.47 Å². The predicted octanol–water partition coefficient (Wildman–Crippen LogP) is 4.44. The average Bonchev–Trinajstić information content (AvgIpc) is 2.19. The second-order valence-electron chi connectivity index (χ2n) is 4.09. The van der Waals surface area contributed by atoms with Crippen molar-refractivity contribution in [1.82, 2.24) is 0 Å². The monoisotopic (exact) mass is 270 g/mol. The van der Waals surface area contributed by atoms with Crippen LogP contribution in [0, 0.1) is 6.92 Å². The smallest absolute Gasteiger partial charge is 0.107 e. The van der Waals surface area contributed by atoms with Gasteiger partial charge in [0.1, 0.15) is 7.85 Å². The van der Waals surface area contributed by atoms with Gasteiger partial charge in [-0.1, -0.05) is 41.1 Å². The van der Waals surface area contributed by atoms with Crippen LogP contribution in [0.5, 0.6) is 0 Å². The molecule has 2 aromatic rings. The number of rotatable bonds is 1. The minimum atomic E-state index is 0.833. The maximum absolute atomic E-state index is 5.72. The Kier molecular flexibility index (Phi) is 3.20. The summed E-state index contributed by atoms with van der Waals surface area (Å²) in [7, 11) is 5.72. The van der Waals surface area contributed by atoms with Crippen LogP contribution in [0.25, 0.3) is 16.8 Å². The van der Waals surface area contributed by atoms with Crippen LogP contribution in [-0.4, -0.2) is 7.85 Å². The van der Waals surface area contributed by atoms with Crippen molar-refractivity contribution in [3.05, 3.63) is 51.4 Å². The minimum absolute atomic E-state index is 0.833. The van der Waals surface area contributed by atoms with E-state index < -0.39 is 0 Å². The Hall–Kier alpha value is -1.02. The summed E-state index contributed by atoms with van der Waals surface area (Å²) in [6.07, 6.45) is 2.01. The van der Waals surface area contributed by atoms with Crippen LogP contribution in [0.3, 0.4) is 0 Å². The molecule has 2 rings (SSSR count). The average molecular weight is 271 g/mol. The molecule has 0 heterocycles. The van der Waals surface area contributed by atoms with Crippen molar-refractivity contribution in [2.75, 3.05) is 0 Å². The van der Waals surface area contributed by atoms with E-state index in [0.717, 1.165) is 9.95 Å². The number of hydrogen-bond donors (Lipinski definition) is 0. The van der Waals surface area contributed by atoms with Crippen molar-refractivity contribution < 1.29 is 0 Å². The van der Waals surface area contributed by atoms with Crippen molar-refractivity contribution in [2.45, 2.75) is 13.8 Å². The number of fused-ring (bicyclic) bond motifs is 1. The second-order valence-corrected chi connectivity index (χ2v) is 5.00. The van der Waals surface area contributed by atoms with E-state index in [2.05, 4.69) is 53.2 Å². The number of benzene rings is 2. The largest absolute Gasteiger partial charge is 0.120 e. The Morgan fingerprint density at radius 2 is 1.94 bits per heavy atom. The lowest BCUT2D eigenvalue weighted by Gasteiger charge is -2.06. The molecule has 0 bridgehead atoms. The molecule has 0 aliphatic carbocycles. The van der Waals surface area contributed by atoms with Crippen LogP contribution in [0.4, 0.5) is 0 Å². The molecule has 0 saturated heterocycles. The van der Waals surface area contributed by atoms with Gasteiger partial charge in [0.25, 0.3) is 0 Å². The molecule has 0 fully saturated rings. The van der Waals surface area contributed by atoms with Crippen molar-refractivity contribution in [1.29, 1.82) is 0 Å². The highest BCUT2D eigenvalue weighted by Gasteiger charge is 2.00. The van der Waals surface area contributed by atoms with Crippen LogP contribution < -0.4 is 0 Å². The highest BCUT2D eigenvalue weighted by atomic mass is 79.9. The highest BCUT2D eigenvalue weighted by Crippen LogP contribution is 2.24. The van der Waals surface area contributed by atoms with Gasteiger partial charge in [0.05, 0.1) is 0 Å².